The van der Waals surface area contributed by atoms with Crippen LogP contribution in [-0.4, -0.2) is 15.0 Å². The Morgan fingerprint density at radius 3 is 2.45 bits per heavy atom. The van der Waals surface area contributed by atoms with Gasteiger partial charge >= 0.3 is 0 Å². The van der Waals surface area contributed by atoms with Crippen LogP contribution < -0.4 is 5.73 Å². The number of anilines is 1. The molecule has 0 spiro atoms. The van der Waals surface area contributed by atoms with Crippen molar-refractivity contribution in [3.8, 4) is 23.3 Å². The number of nitriles is 2. The maximum Gasteiger partial charge on any atom is 0.143 e. The number of aromatic nitrogens is 3. The Morgan fingerprint density at radius 2 is 1.72 bits per heavy atom. The van der Waals surface area contributed by atoms with E-state index < -0.39 is 0 Å². The number of para-hydroxylation sites is 2. The standard InChI is InChI=1S/C22H16N6S/c1-13-6-2-3-7-14(13)20-15(10-23)21(25)28-22(16(20)11-24)29-12-19-26-17-8-4-5-9-18(17)27-19/h2-9H,12H2,1H3,(H2,25,28)(H,26,27). The number of nitrogens with one attached hydrogen (secondary N) is 1. The fourth-order valence-corrected chi connectivity index (χ4v) is 4.10. The van der Waals surface area contributed by atoms with Crippen molar-refractivity contribution in [2.75, 3.05) is 5.73 Å². The van der Waals surface area contributed by atoms with Crippen LogP contribution in [0.25, 0.3) is 22.2 Å². The highest BCUT2D eigenvalue weighted by molar-refractivity contribution is 7.98. The third kappa shape index (κ3) is 3.40. The van der Waals surface area contributed by atoms with Crippen molar-refractivity contribution in [3.63, 3.8) is 0 Å². The Kier molecular flexibility index (Phi) is 4.90. The monoisotopic (exact) mass is 396 g/mol. The molecular weight excluding hydrogens is 380 g/mol. The number of benzene rings is 2. The Balaban J connectivity index is 1.79. The number of hydrogen-bond acceptors (Lipinski definition) is 6. The third-order valence-corrected chi connectivity index (χ3v) is 5.60. The number of fused-ring (bicyclic) bond motifs is 1. The fraction of sp³-hybridized carbons (Fsp3) is 0.0909. The minimum absolute atomic E-state index is 0.122. The molecule has 4 rings (SSSR count). The SMILES string of the molecule is Cc1ccccc1-c1c(C#N)c(N)nc(SCc2nc3ccccc3[nH]2)c1C#N. The summed E-state index contributed by atoms with van der Waals surface area (Å²) in [5, 5.41) is 20.0. The number of nitrogen functional groups attached to an aromatic ring is 1. The molecule has 0 aliphatic heterocycles. The average Bonchev–Trinajstić information content (AvgIpc) is 3.15. The molecule has 0 bridgehead atoms. The van der Waals surface area contributed by atoms with E-state index in [0.29, 0.717) is 21.9 Å². The Morgan fingerprint density at radius 1 is 1.00 bits per heavy atom. The van der Waals surface area contributed by atoms with Crippen LogP contribution in [0.5, 0.6) is 0 Å². The molecule has 4 aromatic rings. The Labute approximate surface area is 172 Å². The highest BCUT2D eigenvalue weighted by Gasteiger charge is 2.21. The quantitative estimate of drug-likeness (QED) is 0.489. The van der Waals surface area contributed by atoms with Gasteiger partial charge in [0.2, 0.25) is 0 Å². The number of pyridine rings is 1. The number of aromatic amines is 1. The molecule has 0 aliphatic carbocycles. The van der Waals surface area contributed by atoms with E-state index in [1.165, 1.54) is 11.8 Å². The first-order valence-electron chi connectivity index (χ1n) is 8.88. The molecule has 2 aromatic heterocycles. The molecule has 0 saturated heterocycles. The summed E-state index contributed by atoms with van der Waals surface area (Å²) in [4.78, 5) is 12.2. The zero-order valence-corrected chi connectivity index (χ0v) is 16.4. The zero-order chi connectivity index (χ0) is 20.4. The predicted molar refractivity (Wildman–Crippen MR) is 114 cm³/mol. The molecule has 6 nitrogen and oxygen atoms in total. The first kappa shape index (κ1) is 18.5. The summed E-state index contributed by atoms with van der Waals surface area (Å²) in [6, 6.07) is 19.8. The number of imidazole rings is 1. The van der Waals surface area contributed by atoms with E-state index in [2.05, 4.69) is 27.1 Å². The lowest BCUT2D eigenvalue weighted by molar-refractivity contribution is 1.09. The lowest BCUT2D eigenvalue weighted by Gasteiger charge is -2.14. The van der Waals surface area contributed by atoms with Crippen molar-refractivity contribution in [1.82, 2.24) is 15.0 Å². The molecule has 0 radical (unpaired) electrons. The minimum atomic E-state index is 0.122. The Bertz CT molecular complexity index is 1280. The highest BCUT2D eigenvalue weighted by atomic mass is 32.2. The molecule has 0 atom stereocenters. The van der Waals surface area contributed by atoms with Crippen LogP contribution in [0.3, 0.4) is 0 Å². The van der Waals surface area contributed by atoms with Crippen LogP contribution in [0.2, 0.25) is 0 Å². The lowest BCUT2D eigenvalue weighted by Crippen LogP contribution is -2.04. The van der Waals surface area contributed by atoms with Crippen molar-refractivity contribution < 1.29 is 0 Å². The van der Waals surface area contributed by atoms with Gasteiger partial charge in [0.1, 0.15) is 34.4 Å². The average molecular weight is 396 g/mol. The molecular formula is C22H16N6S. The van der Waals surface area contributed by atoms with Crippen molar-refractivity contribution in [3.05, 3.63) is 71.0 Å². The van der Waals surface area contributed by atoms with Gasteiger partial charge in [-0.3, -0.25) is 0 Å². The summed E-state index contributed by atoms with van der Waals surface area (Å²) in [5.41, 5.74) is 10.8. The van der Waals surface area contributed by atoms with E-state index in [1.807, 2.05) is 55.5 Å². The first-order chi connectivity index (χ1) is 14.1. The van der Waals surface area contributed by atoms with Crippen LogP contribution in [0.15, 0.2) is 53.6 Å². The van der Waals surface area contributed by atoms with Crippen LogP contribution in [-0.2, 0) is 5.75 Å². The molecule has 140 valence electrons. The lowest BCUT2D eigenvalue weighted by atomic mass is 9.93. The first-order valence-corrected chi connectivity index (χ1v) is 9.87. The van der Waals surface area contributed by atoms with E-state index in [1.54, 1.807) is 0 Å². The van der Waals surface area contributed by atoms with Crippen LogP contribution in [0.1, 0.15) is 22.5 Å². The summed E-state index contributed by atoms with van der Waals surface area (Å²) >= 11 is 1.37. The largest absolute Gasteiger partial charge is 0.383 e. The van der Waals surface area contributed by atoms with Crippen molar-refractivity contribution >= 4 is 28.6 Å². The number of rotatable bonds is 4. The number of thioether (sulfide) groups is 1. The summed E-state index contributed by atoms with van der Waals surface area (Å²) in [6.45, 7) is 1.94. The number of H-pyrrole nitrogens is 1. The van der Waals surface area contributed by atoms with E-state index in [4.69, 9.17) is 5.73 Å². The number of aryl methyl sites for hydroxylation is 1. The smallest absolute Gasteiger partial charge is 0.143 e. The number of hydrogen-bond donors (Lipinski definition) is 2. The van der Waals surface area contributed by atoms with Gasteiger partial charge in [0.25, 0.3) is 0 Å². The highest BCUT2D eigenvalue weighted by Crippen LogP contribution is 2.37. The van der Waals surface area contributed by atoms with Gasteiger partial charge in [-0.2, -0.15) is 10.5 Å². The molecule has 29 heavy (non-hydrogen) atoms. The molecule has 0 unspecified atom stereocenters. The summed E-state index contributed by atoms with van der Waals surface area (Å²) in [7, 11) is 0. The maximum atomic E-state index is 9.90. The molecule has 0 fully saturated rings. The van der Waals surface area contributed by atoms with E-state index in [9.17, 15) is 10.5 Å². The molecule has 2 aromatic carbocycles. The molecule has 3 N–H and O–H groups in total. The zero-order valence-electron chi connectivity index (χ0n) is 15.6. The second-order valence-corrected chi connectivity index (χ2v) is 7.42. The van der Waals surface area contributed by atoms with Gasteiger partial charge in [-0.1, -0.05) is 48.2 Å². The Hall–Kier alpha value is -3.81. The summed E-state index contributed by atoms with van der Waals surface area (Å²) in [5.74, 6) is 1.40. The van der Waals surface area contributed by atoms with Crippen molar-refractivity contribution in [2.24, 2.45) is 0 Å². The molecule has 0 amide bonds. The van der Waals surface area contributed by atoms with Gasteiger partial charge in [-0.25, -0.2) is 9.97 Å². The summed E-state index contributed by atoms with van der Waals surface area (Å²) < 4.78 is 0. The number of nitrogens with two attached hydrogens (primary N) is 1. The second-order valence-electron chi connectivity index (χ2n) is 6.46. The number of nitrogens with zero attached hydrogens (tertiary/aromatic N) is 4. The topological polar surface area (TPSA) is 115 Å². The van der Waals surface area contributed by atoms with Crippen molar-refractivity contribution in [1.29, 1.82) is 10.5 Å². The van der Waals surface area contributed by atoms with E-state index in [0.717, 1.165) is 28.0 Å². The predicted octanol–water partition coefficient (Wildman–Crippen LogP) is 4.55. The minimum Gasteiger partial charge on any atom is -0.383 e. The van der Waals surface area contributed by atoms with Crippen LogP contribution >= 0.6 is 11.8 Å². The maximum absolute atomic E-state index is 9.90. The van der Waals surface area contributed by atoms with Gasteiger partial charge in [-0.05, 0) is 30.2 Å². The van der Waals surface area contributed by atoms with Gasteiger partial charge in [0, 0.05) is 5.56 Å². The van der Waals surface area contributed by atoms with E-state index in [-0.39, 0.29) is 11.4 Å². The summed E-state index contributed by atoms with van der Waals surface area (Å²) in [6.07, 6.45) is 0. The normalized spacial score (nSPS) is 10.6. The van der Waals surface area contributed by atoms with Gasteiger partial charge in [0.05, 0.1) is 22.3 Å². The molecule has 2 heterocycles. The molecule has 0 saturated carbocycles. The van der Waals surface area contributed by atoms with E-state index >= 15 is 0 Å². The van der Waals surface area contributed by atoms with Crippen LogP contribution in [0, 0.1) is 29.6 Å². The fourth-order valence-electron chi connectivity index (χ4n) is 3.24. The molecule has 0 aliphatic rings. The van der Waals surface area contributed by atoms with Crippen LogP contribution in [0.4, 0.5) is 5.82 Å². The van der Waals surface area contributed by atoms with Gasteiger partial charge in [-0.15, -0.1) is 0 Å². The van der Waals surface area contributed by atoms with Gasteiger partial charge in [0.15, 0.2) is 0 Å². The van der Waals surface area contributed by atoms with Crippen molar-refractivity contribution in [2.45, 2.75) is 17.7 Å². The second kappa shape index (κ2) is 7.67. The third-order valence-electron chi connectivity index (χ3n) is 4.61. The van der Waals surface area contributed by atoms with Gasteiger partial charge < -0.3 is 10.7 Å². The molecule has 7 heteroatoms.